The zero-order valence-electron chi connectivity index (χ0n) is 8.75. The van der Waals surface area contributed by atoms with Gasteiger partial charge in [0.2, 0.25) is 0 Å². The fraction of sp³-hybridized carbons (Fsp3) is 0.800. The van der Waals surface area contributed by atoms with Crippen LogP contribution in [0.1, 0.15) is 46.0 Å². The maximum absolute atomic E-state index is 10.6. The van der Waals surface area contributed by atoms with Crippen LogP contribution in [-0.4, -0.2) is 22.2 Å². The summed E-state index contributed by atoms with van der Waals surface area (Å²) < 4.78 is 0. The van der Waals surface area contributed by atoms with Crippen molar-refractivity contribution in [3.63, 3.8) is 0 Å². The van der Waals surface area contributed by atoms with Crippen molar-refractivity contribution in [1.29, 1.82) is 0 Å². The summed E-state index contributed by atoms with van der Waals surface area (Å²) in [7, 11) is 0. The van der Waals surface area contributed by atoms with Crippen LogP contribution in [0.4, 0.5) is 0 Å². The number of hydrogen-bond acceptors (Lipinski definition) is 2. The highest BCUT2D eigenvalue weighted by atomic mass is 16.4. The van der Waals surface area contributed by atoms with Crippen molar-refractivity contribution >= 4 is 11.9 Å². The molecule has 2 N–H and O–H groups in total. The summed E-state index contributed by atoms with van der Waals surface area (Å²) in [6.07, 6.45) is 2.20. The molecule has 82 valence electrons. The van der Waals surface area contributed by atoms with Gasteiger partial charge in [0.25, 0.3) is 0 Å². The summed E-state index contributed by atoms with van der Waals surface area (Å²) in [5.74, 6) is -1.64. The predicted molar refractivity (Wildman–Crippen MR) is 52.1 cm³/mol. The van der Waals surface area contributed by atoms with Crippen molar-refractivity contribution in [3.05, 3.63) is 0 Å². The minimum atomic E-state index is -0.821. The van der Waals surface area contributed by atoms with Crippen LogP contribution in [0, 0.1) is 5.41 Å². The van der Waals surface area contributed by atoms with E-state index in [9.17, 15) is 9.59 Å². The van der Waals surface area contributed by atoms with E-state index in [1.54, 1.807) is 0 Å². The van der Waals surface area contributed by atoms with E-state index in [1.165, 1.54) is 0 Å². The topological polar surface area (TPSA) is 74.6 Å². The van der Waals surface area contributed by atoms with Crippen LogP contribution >= 0.6 is 0 Å². The normalized spacial score (nSPS) is 14.7. The maximum Gasteiger partial charge on any atom is 0.303 e. The number of carbonyl (C=O) groups is 2. The van der Waals surface area contributed by atoms with Crippen molar-refractivity contribution in [2.24, 2.45) is 5.41 Å². The van der Waals surface area contributed by atoms with Gasteiger partial charge in [0.1, 0.15) is 0 Å². The highest BCUT2D eigenvalue weighted by molar-refractivity contribution is 5.68. The third-order valence-corrected chi connectivity index (χ3v) is 2.60. The standard InChI is InChI=1S/C10H18O4/c1-3-10(2,7-9(13)14)6-4-5-8(11)12/h3-7H2,1-2H3,(H,11,12)(H,13,14). The third-order valence-electron chi connectivity index (χ3n) is 2.60. The van der Waals surface area contributed by atoms with Gasteiger partial charge < -0.3 is 10.2 Å². The van der Waals surface area contributed by atoms with E-state index in [2.05, 4.69) is 0 Å². The Balaban J connectivity index is 3.98. The molecule has 0 aliphatic carbocycles. The van der Waals surface area contributed by atoms with Crippen LogP contribution in [0.25, 0.3) is 0 Å². The van der Waals surface area contributed by atoms with Gasteiger partial charge in [-0.15, -0.1) is 0 Å². The molecule has 0 heterocycles. The molecule has 0 saturated carbocycles. The lowest BCUT2D eigenvalue weighted by molar-refractivity contribution is -0.139. The number of carboxylic acids is 2. The summed E-state index contributed by atoms with van der Waals surface area (Å²) in [6.45, 7) is 3.83. The Kier molecular flexibility index (Phi) is 5.20. The van der Waals surface area contributed by atoms with E-state index in [4.69, 9.17) is 10.2 Å². The quantitative estimate of drug-likeness (QED) is 0.663. The average molecular weight is 202 g/mol. The maximum atomic E-state index is 10.6. The van der Waals surface area contributed by atoms with Crippen molar-refractivity contribution in [3.8, 4) is 0 Å². The molecule has 0 aromatic rings. The van der Waals surface area contributed by atoms with E-state index in [1.807, 2.05) is 13.8 Å². The molecule has 0 aliphatic heterocycles. The Labute approximate surface area is 83.9 Å². The molecule has 0 aromatic heterocycles. The van der Waals surface area contributed by atoms with Gasteiger partial charge in [0.05, 0.1) is 6.42 Å². The zero-order chi connectivity index (χ0) is 11.2. The highest BCUT2D eigenvalue weighted by Gasteiger charge is 2.25. The molecule has 1 unspecified atom stereocenters. The second-order valence-electron chi connectivity index (χ2n) is 3.98. The Morgan fingerprint density at radius 1 is 1.21 bits per heavy atom. The van der Waals surface area contributed by atoms with Crippen LogP contribution in [-0.2, 0) is 9.59 Å². The van der Waals surface area contributed by atoms with E-state index in [0.717, 1.165) is 6.42 Å². The summed E-state index contributed by atoms with van der Waals surface area (Å²) in [5.41, 5.74) is -0.263. The van der Waals surface area contributed by atoms with Crippen LogP contribution < -0.4 is 0 Å². The summed E-state index contributed by atoms with van der Waals surface area (Å²) in [4.78, 5) is 20.8. The fourth-order valence-corrected chi connectivity index (χ4v) is 1.42. The predicted octanol–water partition coefficient (Wildman–Crippen LogP) is 2.13. The molecule has 0 rings (SSSR count). The Morgan fingerprint density at radius 2 is 1.79 bits per heavy atom. The number of carboxylic acid groups (broad SMARTS) is 2. The van der Waals surface area contributed by atoms with Crippen LogP contribution in [0.15, 0.2) is 0 Å². The van der Waals surface area contributed by atoms with Crippen molar-refractivity contribution in [2.45, 2.75) is 46.0 Å². The molecule has 0 aliphatic rings. The fourth-order valence-electron chi connectivity index (χ4n) is 1.42. The molecule has 1 atom stereocenters. The SMILES string of the molecule is CCC(C)(CCCC(=O)O)CC(=O)O. The van der Waals surface area contributed by atoms with Gasteiger partial charge in [-0.05, 0) is 18.3 Å². The first kappa shape index (κ1) is 12.9. The molecule has 0 amide bonds. The van der Waals surface area contributed by atoms with E-state index >= 15 is 0 Å². The molecular weight excluding hydrogens is 184 g/mol. The first-order valence-corrected chi connectivity index (χ1v) is 4.83. The van der Waals surface area contributed by atoms with Gasteiger partial charge in [-0.3, -0.25) is 9.59 Å². The van der Waals surface area contributed by atoms with Gasteiger partial charge in [-0.2, -0.15) is 0 Å². The summed E-state index contributed by atoms with van der Waals surface area (Å²) >= 11 is 0. The van der Waals surface area contributed by atoms with E-state index in [-0.39, 0.29) is 18.3 Å². The van der Waals surface area contributed by atoms with Crippen molar-refractivity contribution < 1.29 is 19.8 Å². The van der Waals surface area contributed by atoms with Crippen molar-refractivity contribution in [1.82, 2.24) is 0 Å². The summed E-state index contributed by atoms with van der Waals surface area (Å²) in [6, 6.07) is 0. The molecule has 0 radical (unpaired) electrons. The van der Waals surface area contributed by atoms with E-state index < -0.39 is 11.9 Å². The highest BCUT2D eigenvalue weighted by Crippen LogP contribution is 2.31. The van der Waals surface area contributed by atoms with Gasteiger partial charge in [0.15, 0.2) is 0 Å². The molecule has 0 aromatic carbocycles. The molecule has 0 saturated heterocycles. The molecule has 0 spiro atoms. The lowest BCUT2D eigenvalue weighted by Gasteiger charge is -2.25. The molecule has 4 heteroatoms. The molecular formula is C10H18O4. The number of hydrogen-bond donors (Lipinski definition) is 2. The molecule has 0 bridgehead atoms. The zero-order valence-corrected chi connectivity index (χ0v) is 8.75. The van der Waals surface area contributed by atoms with Crippen LogP contribution in [0.3, 0.4) is 0 Å². The first-order valence-electron chi connectivity index (χ1n) is 4.83. The molecule has 14 heavy (non-hydrogen) atoms. The van der Waals surface area contributed by atoms with Crippen LogP contribution in [0.2, 0.25) is 0 Å². The second kappa shape index (κ2) is 5.62. The Bertz CT molecular complexity index is 212. The minimum absolute atomic E-state index is 0.114. The smallest absolute Gasteiger partial charge is 0.303 e. The van der Waals surface area contributed by atoms with Gasteiger partial charge in [-0.25, -0.2) is 0 Å². The first-order chi connectivity index (χ1) is 6.39. The lowest BCUT2D eigenvalue weighted by atomic mass is 9.79. The molecule has 4 nitrogen and oxygen atoms in total. The number of rotatable bonds is 7. The van der Waals surface area contributed by atoms with E-state index in [0.29, 0.717) is 12.8 Å². The average Bonchev–Trinajstić information content (AvgIpc) is 2.02. The number of aliphatic carboxylic acids is 2. The lowest BCUT2D eigenvalue weighted by Crippen LogP contribution is -2.20. The monoisotopic (exact) mass is 202 g/mol. The second-order valence-corrected chi connectivity index (χ2v) is 3.98. The molecule has 0 fully saturated rings. The van der Waals surface area contributed by atoms with Crippen LogP contribution in [0.5, 0.6) is 0 Å². The van der Waals surface area contributed by atoms with Crippen molar-refractivity contribution in [2.75, 3.05) is 0 Å². The Hall–Kier alpha value is -1.06. The minimum Gasteiger partial charge on any atom is -0.481 e. The summed E-state index contributed by atoms with van der Waals surface area (Å²) in [5, 5.41) is 17.1. The van der Waals surface area contributed by atoms with Gasteiger partial charge in [0, 0.05) is 6.42 Å². The van der Waals surface area contributed by atoms with Gasteiger partial charge in [-0.1, -0.05) is 20.3 Å². The Morgan fingerprint density at radius 3 is 2.14 bits per heavy atom. The largest absolute Gasteiger partial charge is 0.481 e. The third kappa shape index (κ3) is 5.56. The van der Waals surface area contributed by atoms with Gasteiger partial charge >= 0.3 is 11.9 Å².